The predicted molar refractivity (Wildman–Crippen MR) is 96.6 cm³/mol. The van der Waals surface area contributed by atoms with E-state index >= 15 is 0 Å². The van der Waals surface area contributed by atoms with Crippen molar-refractivity contribution in [3.63, 3.8) is 0 Å². The number of carbonyl (C=O) groups excluding carboxylic acids is 2. The fourth-order valence-electron chi connectivity index (χ4n) is 2.41. The number of imidazole rings is 1. The normalized spacial score (nSPS) is 11.7. The Morgan fingerprint density at radius 2 is 1.92 bits per heavy atom. The van der Waals surface area contributed by atoms with E-state index in [9.17, 15) is 9.59 Å². The molecular formula is C18H25N5O2. The summed E-state index contributed by atoms with van der Waals surface area (Å²) >= 11 is 0. The van der Waals surface area contributed by atoms with Crippen molar-refractivity contribution in [1.82, 2.24) is 25.1 Å². The highest BCUT2D eigenvalue weighted by Crippen LogP contribution is 2.16. The molecule has 3 amide bonds. The second kappa shape index (κ2) is 8.32. The van der Waals surface area contributed by atoms with Crippen molar-refractivity contribution in [3.05, 3.63) is 48.0 Å². The first-order valence-corrected chi connectivity index (χ1v) is 8.23. The summed E-state index contributed by atoms with van der Waals surface area (Å²) in [6.45, 7) is 4.18. The monoisotopic (exact) mass is 343 g/mol. The minimum Gasteiger partial charge on any atom is -0.349 e. The van der Waals surface area contributed by atoms with E-state index in [-0.39, 0.29) is 24.4 Å². The van der Waals surface area contributed by atoms with E-state index in [1.807, 2.05) is 48.9 Å². The minimum absolute atomic E-state index is 0.0151. The van der Waals surface area contributed by atoms with Crippen molar-refractivity contribution in [2.24, 2.45) is 0 Å². The number of rotatable bonds is 6. The van der Waals surface area contributed by atoms with E-state index in [0.29, 0.717) is 6.54 Å². The topological polar surface area (TPSA) is 79.3 Å². The minimum atomic E-state index is -0.284. The van der Waals surface area contributed by atoms with E-state index in [4.69, 9.17) is 0 Å². The number of aromatic nitrogens is 2. The SMILES string of the molecule is Cc1nccn1-c1ccc([C@H](C)NC(=O)NCCC(=O)N(C)C)cc1. The highest BCUT2D eigenvalue weighted by Gasteiger charge is 2.11. The zero-order valence-corrected chi connectivity index (χ0v) is 15.1. The zero-order chi connectivity index (χ0) is 18.4. The molecule has 0 radical (unpaired) electrons. The maximum absolute atomic E-state index is 11.9. The van der Waals surface area contributed by atoms with Gasteiger partial charge in [0.15, 0.2) is 0 Å². The first-order valence-electron chi connectivity index (χ1n) is 8.23. The van der Waals surface area contributed by atoms with Crippen LogP contribution in [0.15, 0.2) is 36.7 Å². The Balaban J connectivity index is 1.86. The molecule has 1 aromatic carbocycles. The number of hydrogen-bond acceptors (Lipinski definition) is 3. The Kier molecular flexibility index (Phi) is 6.16. The molecule has 7 nitrogen and oxygen atoms in total. The molecule has 0 aliphatic rings. The summed E-state index contributed by atoms with van der Waals surface area (Å²) in [5, 5.41) is 5.57. The van der Waals surface area contributed by atoms with Crippen molar-refractivity contribution in [3.8, 4) is 5.69 Å². The number of carbonyl (C=O) groups is 2. The molecule has 0 bridgehead atoms. The number of urea groups is 1. The van der Waals surface area contributed by atoms with Crippen LogP contribution >= 0.6 is 0 Å². The van der Waals surface area contributed by atoms with Gasteiger partial charge in [0.25, 0.3) is 0 Å². The molecule has 25 heavy (non-hydrogen) atoms. The molecule has 0 spiro atoms. The van der Waals surface area contributed by atoms with Gasteiger partial charge in [0, 0.05) is 45.1 Å². The number of hydrogen-bond donors (Lipinski definition) is 2. The summed E-state index contributed by atoms with van der Waals surface area (Å²) in [7, 11) is 3.39. The molecule has 1 atom stereocenters. The zero-order valence-electron chi connectivity index (χ0n) is 15.1. The largest absolute Gasteiger partial charge is 0.349 e. The van der Waals surface area contributed by atoms with Gasteiger partial charge in [0.2, 0.25) is 5.91 Å². The molecule has 2 N–H and O–H groups in total. The van der Waals surface area contributed by atoms with Crippen LogP contribution in [-0.4, -0.2) is 47.0 Å². The van der Waals surface area contributed by atoms with Gasteiger partial charge in [-0.05, 0) is 31.5 Å². The third kappa shape index (κ3) is 5.07. The number of nitrogens with one attached hydrogen (secondary N) is 2. The number of benzene rings is 1. The molecule has 1 heterocycles. The summed E-state index contributed by atoms with van der Waals surface area (Å²) < 4.78 is 2.00. The lowest BCUT2D eigenvalue weighted by Gasteiger charge is -2.16. The maximum atomic E-state index is 11.9. The number of amides is 3. The highest BCUT2D eigenvalue weighted by molar-refractivity contribution is 5.78. The van der Waals surface area contributed by atoms with Crippen molar-refractivity contribution in [2.45, 2.75) is 26.3 Å². The summed E-state index contributed by atoms with van der Waals surface area (Å²) in [6.07, 6.45) is 3.96. The molecule has 0 saturated carbocycles. The van der Waals surface area contributed by atoms with Crippen LogP contribution in [0.2, 0.25) is 0 Å². The standard InChI is InChI=1S/C18H25N5O2/c1-13(21-18(25)20-10-9-17(24)22(3)4)15-5-7-16(8-6-15)23-12-11-19-14(23)2/h5-8,11-13H,9-10H2,1-4H3,(H2,20,21,25)/t13-/m0/s1. The Morgan fingerprint density at radius 3 is 2.48 bits per heavy atom. The van der Waals surface area contributed by atoms with E-state index in [2.05, 4.69) is 15.6 Å². The van der Waals surface area contributed by atoms with Crippen molar-refractivity contribution in [2.75, 3.05) is 20.6 Å². The Labute approximate surface area is 148 Å². The molecule has 0 saturated heterocycles. The van der Waals surface area contributed by atoms with Crippen LogP contribution in [0, 0.1) is 6.92 Å². The van der Waals surface area contributed by atoms with Crippen LogP contribution < -0.4 is 10.6 Å². The van der Waals surface area contributed by atoms with Crippen LogP contribution in [0.3, 0.4) is 0 Å². The van der Waals surface area contributed by atoms with Gasteiger partial charge in [-0.25, -0.2) is 9.78 Å². The van der Waals surface area contributed by atoms with Gasteiger partial charge >= 0.3 is 6.03 Å². The predicted octanol–water partition coefficient (Wildman–Crippen LogP) is 2.02. The third-order valence-electron chi connectivity index (χ3n) is 3.97. The van der Waals surface area contributed by atoms with Gasteiger partial charge in [-0.1, -0.05) is 12.1 Å². The van der Waals surface area contributed by atoms with Crippen LogP contribution in [0.4, 0.5) is 4.79 Å². The molecule has 1 aromatic heterocycles. The van der Waals surface area contributed by atoms with Crippen molar-refractivity contribution >= 4 is 11.9 Å². The first kappa shape index (κ1) is 18.5. The van der Waals surface area contributed by atoms with Crippen LogP contribution in [-0.2, 0) is 4.79 Å². The van der Waals surface area contributed by atoms with Gasteiger partial charge in [-0.2, -0.15) is 0 Å². The van der Waals surface area contributed by atoms with Gasteiger partial charge in [0.05, 0.1) is 6.04 Å². The quantitative estimate of drug-likeness (QED) is 0.842. The molecule has 0 aliphatic heterocycles. The first-order chi connectivity index (χ1) is 11.9. The van der Waals surface area contributed by atoms with Gasteiger partial charge in [-0.15, -0.1) is 0 Å². The Hall–Kier alpha value is -2.83. The fourth-order valence-corrected chi connectivity index (χ4v) is 2.41. The molecule has 7 heteroatoms. The average Bonchev–Trinajstić information content (AvgIpc) is 3.00. The smallest absolute Gasteiger partial charge is 0.315 e. The van der Waals surface area contributed by atoms with Crippen LogP contribution in [0.25, 0.3) is 5.69 Å². The molecule has 2 rings (SSSR count). The average molecular weight is 343 g/mol. The molecule has 134 valence electrons. The fraction of sp³-hybridized carbons (Fsp3) is 0.389. The van der Waals surface area contributed by atoms with Gasteiger partial charge in [0.1, 0.15) is 5.82 Å². The summed E-state index contributed by atoms with van der Waals surface area (Å²) in [5.41, 5.74) is 2.03. The van der Waals surface area contributed by atoms with Gasteiger partial charge in [-0.3, -0.25) is 4.79 Å². The van der Waals surface area contributed by atoms with E-state index in [1.165, 1.54) is 4.90 Å². The molecule has 0 fully saturated rings. The van der Waals surface area contributed by atoms with Crippen LogP contribution in [0.5, 0.6) is 0 Å². The third-order valence-corrected chi connectivity index (χ3v) is 3.97. The molecular weight excluding hydrogens is 318 g/mol. The molecule has 2 aromatic rings. The summed E-state index contributed by atoms with van der Waals surface area (Å²) in [6, 6.07) is 7.53. The second-order valence-corrected chi connectivity index (χ2v) is 6.10. The maximum Gasteiger partial charge on any atom is 0.315 e. The van der Waals surface area contributed by atoms with E-state index < -0.39 is 0 Å². The van der Waals surface area contributed by atoms with E-state index in [1.54, 1.807) is 20.3 Å². The van der Waals surface area contributed by atoms with Gasteiger partial charge < -0.3 is 20.1 Å². The summed E-state index contributed by atoms with van der Waals surface area (Å²) in [5.74, 6) is 0.907. The van der Waals surface area contributed by atoms with Crippen molar-refractivity contribution in [1.29, 1.82) is 0 Å². The lowest BCUT2D eigenvalue weighted by atomic mass is 10.1. The lowest BCUT2D eigenvalue weighted by Crippen LogP contribution is -2.38. The number of nitrogens with zero attached hydrogens (tertiary/aromatic N) is 3. The molecule has 0 unspecified atom stereocenters. The Bertz CT molecular complexity index is 721. The second-order valence-electron chi connectivity index (χ2n) is 6.10. The van der Waals surface area contributed by atoms with Crippen molar-refractivity contribution < 1.29 is 9.59 Å². The summed E-state index contributed by atoms with van der Waals surface area (Å²) in [4.78, 5) is 29.1. The number of aryl methyl sites for hydroxylation is 1. The molecule has 0 aliphatic carbocycles. The lowest BCUT2D eigenvalue weighted by molar-refractivity contribution is -0.128. The highest BCUT2D eigenvalue weighted by atomic mass is 16.2. The van der Waals surface area contributed by atoms with Crippen LogP contribution in [0.1, 0.15) is 30.8 Å². The Morgan fingerprint density at radius 1 is 1.24 bits per heavy atom. The van der Waals surface area contributed by atoms with E-state index in [0.717, 1.165) is 17.1 Å².